The van der Waals surface area contributed by atoms with E-state index in [-0.39, 0.29) is 10.5 Å². The van der Waals surface area contributed by atoms with Crippen molar-refractivity contribution < 1.29 is 17.6 Å². The molecule has 0 bridgehead atoms. The molecule has 0 saturated carbocycles. The van der Waals surface area contributed by atoms with E-state index in [4.69, 9.17) is 0 Å². The summed E-state index contributed by atoms with van der Waals surface area (Å²) in [5.41, 5.74) is 2.14. The lowest BCUT2D eigenvalue weighted by Crippen LogP contribution is -2.50. The molecule has 30 heavy (non-hydrogen) atoms. The number of fused-ring (bicyclic) bond motifs is 1. The molecule has 154 valence electrons. The summed E-state index contributed by atoms with van der Waals surface area (Å²) >= 11 is 0. The molecular formula is C23H21FN2O3S. The first-order valence-corrected chi connectivity index (χ1v) is 11.1. The fourth-order valence-electron chi connectivity index (χ4n) is 3.69. The van der Waals surface area contributed by atoms with E-state index in [1.165, 1.54) is 23.4 Å². The molecule has 0 fully saturated rings. The molecule has 0 radical (unpaired) electrons. The van der Waals surface area contributed by atoms with Gasteiger partial charge >= 0.3 is 0 Å². The second-order valence-corrected chi connectivity index (χ2v) is 9.07. The van der Waals surface area contributed by atoms with Crippen LogP contribution in [-0.4, -0.2) is 20.4 Å². The van der Waals surface area contributed by atoms with Gasteiger partial charge in [-0.15, -0.1) is 0 Å². The van der Waals surface area contributed by atoms with E-state index < -0.39 is 27.8 Å². The number of carbonyl (C=O) groups is 1. The maximum absolute atomic E-state index is 13.7. The van der Waals surface area contributed by atoms with Crippen molar-refractivity contribution in [1.82, 2.24) is 0 Å². The summed E-state index contributed by atoms with van der Waals surface area (Å²) in [5.74, 6) is -0.885. The maximum atomic E-state index is 13.7. The number of amides is 1. The number of para-hydroxylation sites is 2. The Morgan fingerprint density at radius 2 is 1.73 bits per heavy atom. The van der Waals surface area contributed by atoms with Crippen molar-refractivity contribution >= 4 is 27.3 Å². The second-order valence-electron chi connectivity index (χ2n) is 7.25. The third kappa shape index (κ3) is 3.68. The highest BCUT2D eigenvalue weighted by atomic mass is 32.2. The lowest BCUT2D eigenvalue weighted by atomic mass is 9.97. The number of nitrogens with zero attached hydrogens (tertiary/aromatic N) is 1. The highest BCUT2D eigenvalue weighted by molar-refractivity contribution is 7.93. The van der Waals surface area contributed by atoms with Gasteiger partial charge in [-0.2, -0.15) is 0 Å². The molecular weight excluding hydrogens is 403 g/mol. The fraction of sp³-hybridized carbons (Fsp3) is 0.174. The van der Waals surface area contributed by atoms with Crippen LogP contribution in [0.5, 0.6) is 0 Å². The van der Waals surface area contributed by atoms with Gasteiger partial charge in [-0.05, 0) is 67.3 Å². The molecule has 0 saturated heterocycles. The first kappa shape index (κ1) is 20.1. The molecule has 1 heterocycles. The third-order valence-corrected chi connectivity index (χ3v) is 7.05. The van der Waals surface area contributed by atoms with Gasteiger partial charge < -0.3 is 5.32 Å². The highest BCUT2D eigenvalue weighted by Crippen LogP contribution is 2.36. The van der Waals surface area contributed by atoms with Gasteiger partial charge in [-0.3, -0.25) is 9.10 Å². The normalized spacial score (nSPS) is 16.1. The average molecular weight is 424 g/mol. The number of benzene rings is 3. The number of halogens is 1. The predicted octanol–water partition coefficient (Wildman–Crippen LogP) is 4.28. The SMILES string of the molecule is Cc1cc(S(=O)(=O)N2c3ccccc3CCC2C(=O)Nc2ccccc2)ccc1F. The van der Waals surface area contributed by atoms with Crippen LogP contribution in [0.4, 0.5) is 15.8 Å². The minimum absolute atomic E-state index is 0.0457. The van der Waals surface area contributed by atoms with Gasteiger partial charge in [0, 0.05) is 5.69 Å². The van der Waals surface area contributed by atoms with Crippen LogP contribution in [0.3, 0.4) is 0 Å². The number of nitrogens with one attached hydrogen (secondary N) is 1. The molecule has 7 heteroatoms. The summed E-state index contributed by atoms with van der Waals surface area (Å²) in [6.45, 7) is 1.51. The van der Waals surface area contributed by atoms with Gasteiger partial charge in [0.25, 0.3) is 10.0 Å². The molecule has 0 aromatic heterocycles. The second kappa shape index (κ2) is 7.91. The quantitative estimate of drug-likeness (QED) is 0.680. The van der Waals surface area contributed by atoms with E-state index in [2.05, 4.69) is 5.32 Å². The molecule has 5 nitrogen and oxygen atoms in total. The van der Waals surface area contributed by atoms with Crippen LogP contribution < -0.4 is 9.62 Å². The van der Waals surface area contributed by atoms with Crippen LogP contribution >= 0.6 is 0 Å². The summed E-state index contributed by atoms with van der Waals surface area (Å²) in [6.07, 6.45) is 0.923. The molecule has 1 amide bonds. The summed E-state index contributed by atoms with van der Waals surface area (Å²) in [4.78, 5) is 13.1. The Morgan fingerprint density at radius 1 is 1.03 bits per heavy atom. The van der Waals surface area contributed by atoms with Crippen molar-refractivity contribution in [3.05, 3.63) is 89.7 Å². The van der Waals surface area contributed by atoms with Crippen LogP contribution in [0.25, 0.3) is 0 Å². The zero-order valence-corrected chi connectivity index (χ0v) is 17.2. The third-order valence-electron chi connectivity index (χ3n) is 5.23. The number of hydrogen-bond acceptors (Lipinski definition) is 3. The Kier molecular flexibility index (Phi) is 5.30. The first-order valence-electron chi connectivity index (χ1n) is 9.62. The van der Waals surface area contributed by atoms with E-state index in [9.17, 15) is 17.6 Å². The van der Waals surface area contributed by atoms with Crippen molar-refractivity contribution in [2.24, 2.45) is 0 Å². The van der Waals surface area contributed by atoms with Crippen LogP contribution in [0.15, 0.2) is 77.7 Å². The summed E-state index contributed by atoms with van der Waals surface area (Å²) < 4.78 is 42.1. The van der Waals surface area contributed by atoms with Gasteiger partial charge in [0.1, 0.15) is 11.9 Å². The Balaban J connectivity index is 1.78. The predicted molar refractivity (Wildman–Crippen MR) is 114 cm³/mol. The minimum Gasteiger partial charge on any atom is -0.324 e. The summed E-state index contributed by atoms with van der Waals surface area (Å²) in [5, 5.41) is 2.81. The van der Waals surface area contributed by atoms with E-state index in [1.54, 1.807) is 36.4 Å². The van der Waals surface area contributed by atoms with Gasteiger partial charge in [0.15, 0.2) is 0 Å². The van der Waals surface area contributed by atoms with E-state index in [0.717, 1.165) is 11.6 Å². The molecule has 1 aliphatic heterocycles. The Labute approximate surface area is 175 Å². The lowest BCUT2D eigenvalue weighted by molar-refractivity contribution is -0.117. The molecule has 3 aromatic rings. The Morgan fingerprint density at radius 3 is 2.47 bits per heavy atom. The Hall–Kier alpha value is -3.19. The molecule has 0 spiro atoms. The fourth-order valence-corrected chi connectivity index (χ4v) is 5.45. The standard InChI is InChI=1S/C23H21FN2O3S/c1-16-15-19(12-13-20(16)24)30(28,29)26-21-10-6-5-7-17(21)11-14-22(26)23(27)25-18-8-3-2-4-9-18/h2-10,12-13,15,22H,11,14H2,1H3,(H,25,27). The molecule has 0 aliphatic carbocycles. The molecule has 1 unspecified atom stereocenters. The molecule has 4 rings (SSSR count). The smallest absolute Gasteiger partial charge is 0.265 e. The van der Waals surface area contributed by atoms with Gasteiger partial charge in [0.2, 0.25) is 5.91 Å². The minimum atomic E-state index is -4.10. The van der Waals surface area contributed by atoms with E-state index in [1.807, 2.05) is 18.2 Å². The number of sulfonamides is 1. The van der Waals surface area contributed by atoms with Crippen molar-refractivity contribution in [2.75, 3.05) is 9.62 Å². The van der Waals surface area contributed by atoms with E-state index >= 15 is 0 Å². The first-order chi connectivity index (χ1) is 14.4. The molecule has 1 aliphatic rings. The van der Waals surface area contributed by atoms with Crippen molar-refractivity contribution in [1.29, 1.82) is 0 Å². The van der Waals surface area contributed by atoms with Gasteiger partial charge in [-0.1, -0.05) is 36.4 Å². The number of aryl methyl sites for hydroxylation is 2. The topological polar surface area (TPSA) is 66.5 Å². The largest absolute Gasteiger partial charge is 0.324 e. The average Bonchev–Trinajstić information content (AvgIpc) is 2.75. The number of hydrogen-bond donors (Lipinski definition) is 1. The van der Waals surface area contributed by atoms with Gasteiger partial charge in [-0.25, -0.2) is 12.8 Å². The van der Waals surface area contributed by atoms with Crippen LogP contribution in [0.1, 0.15) is 17.5 Å². The van der Waals surface area contributed by atoms with Gasteiger partial charge in [0.05, 0.1) is 10.6 Å². The zero-order valence-electron chi connectivity index (χ0n) is 16.4. The van der Waals surface area contributed by atoms with Crippen LogP contribution in [0, 0.1) is 12.7 Å². The summed E-state index contributed by atoms with van der Waals surface area (Å²) in [7, 11) is -4.10. The van der Waals surface area contributed by atoms with Crippen molar-refractivity contribution in [3.63, 3.8) is 0 Å². The van der Waals surface area contributed by atoms with Crippen LogP contribution in [-0.2, 0) is 21.2 Å². The van der Waals surface area contributed by atoms with Crippen LogP contribution in [0.2, 0.25) is 0 Å². The van der Waals surface area contributed by atoms with Crippen molar-refractivity contribution in [3.8, 4) is 0 Å². The molecule has 1 N–H and O–H groups in total. The van der Waals surface area contributed by atoms with E-state index in [0.29, 0.717) is 24.2 Å². The van der Waals surface area contributed by atoms with Crippen molar-refractivity contribution in [2.45, 2.75) is 30.7 Å². The number of rotatable bonds is 4. The number of anilines is 2. The molecule has 1 atom stereocenters. The maximum Gasteiger partial charge on any atom is 0.265 e. The molecule has 3 aromatic carbocycles. The lowest BCUT2D eigenvalue weighted by Gasteiger charge is -2.37. The number of carbonyl (C=O) groups excluding carboxylic acids is 1. The summed E-state index contributed by atoms with van der Waals surface area (Å²) in [6, 6.07) is 18.8. The monoisotopic (exact) mass is 424 g/mol. The Bertz CT molecular complexity index is 1200. The zero-order chi connectivity index (χ0) is 21.3. The highest BCUT2D eigenvalue weighted by Gasteiger charge is 2.40.